The molecule has 0 bridgehead atoms. The van der Waals surface area contributed by atoms with Crippen molar-refractivity contribution in [3.05, 3.63) is 11.6 Å². The first-order valence-corrected chi connectivity index (χ1v) is 5.71. The largest absolute Gasteiger partial charge is 0.466 e. The Morgan fingerprint density at radius 3 is 2.67 bits per heavy atom. The average molecular weight is 210 g/mol. The molecular formula is C13H22O2. The number of methoxy groups -OCH3 is 1. The Hall–Kier alpha value is -0.790. The summed E-state index contributed by atoms with van der Waals surface area (Å²) in [4.78, 5) is 11.1. The van der Waals surface area contributed by atoms with Crippen molar-refractivity contribution in [2.24, 2.45) is 11.3 Å². The zero-order valence-electron chi connectivity index (χ0n) is 10.3. The Bertz CT molecular complexity index is 258. The van der Waals surface area contributed by atoms with Crippen molar-refractivity contribution in [3.63, 3.8) is 0 Å². The molecule has 0 amide bonds. The Labute approximate surface area is 92.7 Å². The highest BCUT2D eigenvalue weighted by atomic mass is 16.5. The molecule has 0 radical (unpaired) electrons. The van der Waals surface area contributed by atoms with Crippen LogP contribution < -0.4 is 0 Å². The first kappa shape index (κ1) is 12.3. The summed E-state index contributed by atoms with van der Waals surface area (Å²) in [7, 11) is 1.43. The van der Waals surface area contributed by atoms with Gasteiger partial charge < -0.3 is 4.74 Å². The molecular weight excluding hydrogens is 188 g/mol. The lowest BCUT2D eigenvalue weighted by Crippen LogP contribution is -2.24. The Balaban J connectivity index is 2.64. The molecule has 86 valence electrons. The lowest BCUT2D eigenvalue weighted by Gasteiger charge is -2.34. The van der Waals surface area contributed by atoms with Gasteiger partial charge in [-0.3, -0.25) is 0 Å². The molecule has 1 aliphatic carbocycles. The van der Waals surface area contributed by atoms with Gasteiger partial charge in [0.05, 0.1) is 7.11 Å². The van der Waals surface area contributed by atoms with E-state index in [0.29, 0.717) is 11.3 Å². The SMILES string of the molecule is COC(=O)/C=C1\CCC[C@H](C(C)(C)C)C1. The van der Waals surface area contributed by atoms with Crippen LogP contribution >= 0.6 is 0 Å². The molecule has 1 fully saturated rings. The second-order valence-electron chi connectivity index (χ2n) is 5.49. The third kappa shape index (κ3) is 3.69. The number of allylic oxidation sites excluding steroid dienone is 1. The third-order valence-electron chi connectivity index (χ3n) is 3.31. The van der Waals surface area contributed by atoms with E-state index in [1.54, 1.807) is 6.08 Å². The van der Waals surface area contributed by atoms with Crippen molar-refractivity contribution in [2.75, 3.05) is 7.11 Å². The van der Waals surface area contributed by atoms with E-state index in [4.69, 9.17) is 0 Å². The normalized spacial score (nSPS) is 25.3. The molecule has 0 aromatic heterocycles. The zero-order valence-corrected chi connectivity index (χ0v) is 10.3. The second kappa shape index (κ2) is 4.82. The molecule has 0 N–H and O–H groups in total. The summed E-state index contributed by atoms with van der Waals surface area (Å²) in [5.74, 6) is 0.488. The van der Waals surface area contributed by atoms with E-state index in [9.17, 15) is 4.79 Å². The molecule has 1 saturated carbocycles. The van der Waals surface area contributed by atoms with Crippen LogP contribution in [0.5, 0.6) is 0 Å². The van der Waals surface area contributed by atoms with Crippen LogP contribution in [0.2, 0.25) is 0 Å². The third-order valence-corrected chi connectivity index (χ3v) is 3.31. The predicted octanol–water partition coefficient (Wildman–Crippen LogP) is 3.32. The molecule has 0 spiro atoms. The van der Waals surface area contributed by atoms with Gasteiger partial charge >= 0.3 is 5.97 Å². The van der Waals surface area contributed by atoms with Crippen LogP contribution in [0.15, 0.2) is 11.6 Å². The van der Waals surface area contributed by atoms with Gasteiger partial charge in [-0.1, -0.05) is 26.3 Å². The molecule has 15 heavy (non-hydrogen) atoms. The minimum Gasteiger partial charge on any atom is -0.466 e. The number of hydrogen-bond acceptors (Lipinski definition) is 2. The fourth-order valence-electron chi connectivity index (χ4n) is 2.19. The van der Waals surface area contributed by atoms with Gasteiger partial charge in [0.2, 0.25) is 0 Å². The number of esters is 1. The smallest absolute Gasteiger partial charge is 0.330 e. The number of rotatable bonds is 1. The standard InChI is InChI=1S/C13H22O2/c1-13(2,3)11-7-5-6-10(8-11)9-12(14)15-4/h9,11H,5-8H2,1-4H3/b10-9+/t11-/m0/s1. The summed E-state index contributed by atoms with van der Waals surface area (Å²) in [5.41, 5.74) is 1.60. The van der Waals surface area contributed by atoms with Gasteiger partial charge in [-0.15, -0.1) is 0 Å². The summed E-state index contributed by atoms with van der Waals surface area (Å²) >= 11 is 0. The van der Waals surface area contributed by atoms with Gasteiger partial charge in [-0.2, -0.15) is 0 Å². The van der Waals surface area contributed by atoms with E-state index in [0.717, 1.165) is 12.8 Å². The monoisotopic (exact) mass is 210 g/mol. The van der Waals surface area contributed by atoms with Crippen molar-refractivity contribution >= 4 is 5.97 Å². The second-order valence-corrected chi connectivity index (χ2v) is 5.49. The van der Waals surface area contributed by atoms with Crippen molar-refractivity contribution in [1.82, 2.24) is 0 Å². The molecule has 1 rings (SSSR count). The minimum atomic E-state index is -0.209. The van der Waals surface area contributed by atoms with Crippen LogP contribution in [0, 0.1) is 11.3 Å². The molecule has 0 saturated heterocycles. The lowest BCUT2D eigenvalue weighted by atomic mass is 9.71. The maximum Gasteiger partial charge on any atom is 0.330 e. The summed E-state index contributed by atoms with van der Waals surface area (Å²) in [6.07, 6.45) is 6.27. The van der Waals surface area contributed by atoms with Crippen LogP contribution in [-0.4, -0.2) is 13.1 Å². The molecule has 0 heterocycles. The number of ether oxygens (including phenoxy) is 1. The predicted molar refractivity (Wildman–Crippen MR) is 61.5 cm³/mol. The van der Waals surface area contributed by atoms with Crippen molar-refractivity contribution in [1.29, 1.82) is 0 Å². The highest BCUT2D eigenvalue weighted by Crippen LogP contribution is 2.39. The van der Waals surface area contributed by atoms with Crippen molar-refractivity contribution in [3.8, 4) is 0 Å². The molecule has 2 heteroatoms. The van der Waals surface area contributed by atoms with E-state index >= 15 is 0 Å². The van der Waals surface area contributed by atoms with Crippen molar-refractivity contribution < 1.29 is 9.53 Å². The molecule has 1 aliphatic rings. The van der Waals surface area contributed by atoms with E-state index in [1.807, 2.05) is 0 Å². The van der Waals surface area contributed by atoms with Gasteiger partial charge in [-0.05, 0) is 37.0 Å². The number of hydrogen-bond donors (Lipinski definition) is 0. The van der Waals surface area contributed by atoms with Gasteiger partial charge in [0.15, 0.2) is 0 Å². The van der Waals surface area contributed by atoms with Crippen LogP contribution in [0.25, 0.3) is 0 Å². The van der Waals surface area contributed by atoms with Gasteiger partial charge in [0.1, 0.15) is 0 Å². The Morgan fingerprint density at radius 2 is 2.13 bits per heavy atom. The first-order chi connectivity index (χ1) is 6.93. The minimum absolute atomic E-state index is 0.209. The zero-order chi connectivity index (χ0) is 11.5. The fraction of sp³-hybridized carbons (Fsp3) is 0.769. The molecule has 1 atom stereocenters. The van der Waals surface area contributed by atoms with Crippen LogP contribution in [0.3, 0.4) is 0 Å². The quantitative estimate of drug-likeness (QED) is 0.490. The topological polar surface area (TPSA) is 26.3 Å². The summed E-state index contributed by atoms with van der Waals surface area (Å²) in [6.45, 7) is 6.83. The number of carbonyl (C=O) groups is 1. The fourth-order valence-corrected chi connectivity index (χ4v) is 2.19. The van der Waals surface area contributed by atoms with E-state index in [1.165, 1.54) is 25.5 Å². The van der Waals surface area contributed by atoms with Gasteiger partial charge in [0, 0.05) is 6.08 Å². The molecule has 0 aliphatic heterocycles. The van der Waals surface area contributed by atoms with Crippen LogP contribution in [0.4, 0.5) is 0 Å². The highest BCUT2D eigenvalue weighted by molar-refractivity contribution is 5.82. The Morgan fingerprint density at radius 1 is 1.47 bits per heavy atom. The summed E-state index contributed by atoms with van der Waals surface area (Å²) in [5, 5.41) is 0. The molecule has 2 nitrogen and oxygen atoms in total. The first-order valence-electron chi connectivity index (χ1n) is 5.71. The maximum atomic E-state index is 11.1. The van der Waals surface area contributed by atoms with Gasteiger partial charge in [-0.25, -0.2) is 4.79 Å². The van der Waals surface area contributed by atoms with Crippen LogP contribution in [0.1, 0.15) is 46.5 Å². The number of carbonyl (C=O) groups excluding carboxylic acids is 1. The highest BCUT2D eigenvalue weighted by Gasteiger charge is 2.28. The Kier molecular flexibility index (Phi) is 3.95. The van der Waals surface area contributed by atoms with E-state index < -0.39 is 0 Å². The molecule has 0 unspecified atom stereocenters. The van der Waals surface area contributed by atoms with E-state index in [-0.39, 0.29) is 5.97 Å². The van der Waals surface area contributed by atoms with Crippen molar-refractivity contribution in [2.45, 2.75) is 46.5 Å². The summed E-state index contributed by atoms with van der Waals surface area (Å²) in [6, 6.07) is 0. The van der Waals surface area contributed by atoms with Crippen LogP contribution in [-0.2, 0) is 9.53 Å². The maximum absolute atomic E-state index is 11.1. The van der Waals surface area contributed by atoms with Gasteiger partial charge in [0.25, 0.3) is 0 Å². The summed E-state index contributed by atoms with van der Waals surface area (Å²) < 4.78 is 4.66. The molecule has 0 aromatic carbocycles. The van der Waals surface area contributed by atoms with E-state index in [2.05, 4.69) is 25.5 Å². The lowest BCUT2D eigenvalue weighted by molar-refractivity contribution is -0.134. The average Bonchev–Trinajstić information content (AvgIpc) is 2.17. The molecule has 0 aromatic rings.